The van der Waals surface area contributed by atoms with Crippen LogP contribution in [0.4, 0.5) is 0 Å². The van der Waals surface area contributed by atoms with Crippen LogP contribution in [0.5, 0.6) is 0 Å². The van der Waals surface area contributed by atoms with Crippen molar-refractivity contribution in [1.82, 2.24) is 0 Å². The Bertz CT molecular complexity index is 78.9. The molecule has 13 heavy (non-hydrogen) atoms. The summed E-state index contributed by atoms with van der Waals surface area (Å²) < 4.78 is 0. The van der Waals surface area contributed by atoms with E-state index in [1.165, 1.54) is 0 Å². The van der Waals surface area contributed by atoms with Crippen LogP contribution >= 0.6 is 0 Å². The molecule has 0 radical (unpaired) electrons. The van der Waals surface area contributed by atoms with Crippen LogP contribution in [0.1, 0.15) is 0 Å². The zero-order valence-corrected chi connectivity index (χ0v) is 7.13. The summed E-state index contributed by atoms with van der Waals surface area (Å²) in [6.45, 7) is 0. The van der Waals surface area contributed by atoms with E-state index in [-0.39, 0.29) is 49.9 Å². The third kappa shape index (κ3) is 92.0. The fourth-order valence-corrected chi connectivity index (χ4v) is 0. The number of carbonyl (C=O) groups is 2. The van der Waals surface area contributed by atoms with Crippen LogP contribution in [0.2, 0.25) is 0 Å². The van der Waals surface area contributed by atoms with Gasteiger partial charge in [0.25, 0.3) is 0 Å². The van der Waals surface area contributed by atoms with Crippen molar-refractivity contribution < 1.29 is 69.7 Å². The van der Waals surface area contributed by atoms with E-state index in [1.807, 2.05) is 0 Å². The van der Waals surface area contributed by atoms with Crippen molar-refractivity contribution in [3.05, 3.63) is 0 Å². The number of rotatable bonds is 0. The molecule has 0 aromatic carbocycles. The van der Waals surface area contributed by atoms with Gasteiger partial charge in [-0.15, -0.1) is 0 Å². The largest absolute Gasteiger partial charge is 0.539 e. The van der Waals surface area contributed by atoms with Gasteiger partial charge in [0.1, 0.15) is 0 Å². The van der Waals surface area contributed by atoms with Crippen molar-refractivity contribution in [3.63, 3.8) is 0 Å². The number of hydrogen-bond donors (Lipinski definition) is 1. The second-order valence-electron chi connectivity index (χ2n) is 0.593. The summed E-state index contributed by atoms with van der Waals surface area (Å²) >= 11 is 0. The van der Waals surface area contributed by atoms with Crippen LogP contribution in [-0.4, -0.2) is 49.9 Å². The van der Waals surface area contributed by atoms with Crippen molar-refractivity contribution in [2.45, 2.75) is 0 Å². The van der Waals surface area contributed by atoms with Crippen molar-refractivity contribution in [2.24, 2.45) is 0 Å². The normalized spacial score (nSPS) is 3.38. The molecule has 90 valence electrons. The average molecular weight is 253 g/mol. The molecule has 0 aliphatic rings. The molecule has 0 fully saturated rings. The minimum absolute atomic E-state index is 0. The quantitative estimate of drug-likeness (QED) is 0.325. The maximum absolute atomic E-state index is 9.04. The second-order valence-corrected chi connectivity index (χ2v) is 0.593. The fourth-order valence-electron chi connectivity index (χ4n) is 0. The third-order valence-electron chi connectivity index (χ3n) is 0.175. The summed E-state index contributed by atoms with van der Waals surface area (Å²) in [5.41, 5.74) is 0. The third-order valence-corrected chi connectivity index (χ3v) is 0.175. The standard InChI is InChI=1S/C2H2O4.Fe.6H2O/c3-1(4)2(5)6;;;;;;;/h(H,3,4)(H,5,6);;6*1H2/p-1. The van der Waals surface area contributed by atoms with E-state index in [0.717, 1.165) is 0 Å². The van der Waals surface area contributed by atoms with Gasteiger partial charge in [0.15, 0.2) is 5.97 Å². The van der Waals surface area contributed by atoms with Gasteiger partial charge < -0.3 is 47.9 Å². The van der Waals surface area contributed by atoms with Gasteiger partial charge in [-0.1, -0.05) is 0 Å². The Hall–Kier alpha value is -0.781. The summed E-state index contributed by atoms with van der Waals surface area (Å²) in [7, 11) is 0. The molecule has 0 saturated heterocycles. The van der Waals surface area contributed by atoms with E-state index in [1.54, 1.807) is 0 Å². The Labute approximate surface area is 82.5 Å². The number of aliphatic carboxylic acids is 2. The van der Waals surface area contributed by atoms with Gasteiger partial charge in [-0.2, -0.15) is 0 Å². The van der Waals surface area contributed by atoms with Crippen LogP contribution in [0.3, 0.4) is 0 Å². The van der Waals surface area contributed by atoms with Gasteiger partial charge >= 0.3 is 5.97 Å². The first-order valence-electron chi connectivity index (χ1n) is 1.09. The number of carboxylic acid groups (broad SMARTS) is 2. The Balaban J connectivity index is -0.00000000595. The van der Waals surface area contributed by atoms with Gasteiger partial charge in [0, 0.05) is 17.1 Å². The smallest absolute Gasteiger partial charge is 0.351 e. The summed E-state index contributed by atoms with van der Waals surface area (Å²) in [4.78, 5) is 18.0. The number of carbonyl (C=O) groups excluding carboxylic acids is 1. The molecular weight excluding hydrogens is 240 g/mol. The predicted molar refractivity (Wildman–Crippen MR) is 34.3 cm³/mol. The van der Waals surface area contributed by atoms with Crippen LogP contribution in [-0.2, 0) is 26.7 Å². The molecule has 11 heteroatoms. The van der Waals surface area contributed by atoms with E-state index >= 15 is 0 Å². The van der Waals surface area contributed by atoms with Gasteiger partial charge in [-0.3, -0.25) is 0 Å². The Kier molecular flexibility index (Phi) is 286. The molecule has 0 heterocycles. The molecule has 0 spiro atoms. The monoisotopic (exact) mass is 253 g/mol. The van der Waals surface area contributed by atoms with E-state index in [0.29, 0.717) is 0 Å². The molecule has 10 nitrogen and oxygen atoms in total. The van der Waals surface area contributed by atoms with Gasteiger partial charge in [0.2, 0.25) is 0 Å². The Morgan fingerprint density at radius 1 is 0.846 bits per heavy atom. The SMILES string of the molecule is O.O.O.O.O.O.O=C([O-])C(=O)O.[Fe]. The first-order chi connectivity index (χ1) is 2.64. The van der Waals surface area contributed by atoms with Crippen molar-refractivity contribution in [2.75, 3.05) is 0 Å². The zero-order chi connectivity index (χ0) is 5.15. The first-order valence-corrected chi connectivity index (χ1v) is 1.09. The maximum Gasteiger partial charge on any atom is 0.351 e. The maximum atomic E-state index is 9.04. The molecule has 0 amide bonds. The molecule has 13 N–H and O–H groups in total. The predicted octanol–water partition coefficient (Wildman–Crippen LogP) is -7.13. The van der Waals surface area contributed by atoms with Crippen LogP contribution in [0.15, 0.2) is 0 Å². The van der Waals surface area contributed by atoms with Gasteiger partial charge in [-0.05, 0) is 0 Å². The summed E-state index contributed by atoms with van der Waals surface area (Å²) in [5, 5.41) is 16.3. The summed E-state index contributed by atoms with van der Waals surface area (Å²) in [6, 6.07) is 0. The van der Waals surface area contributed by atoms with Crippen molar-refractivity contribution in [1.29, 1.82) is 0 Å². The molecule has 0 saturated carbocycles. The minimum atomic E-state index is -2.07. The van der Waals surface area contributed by atoms with Gasteiger partial charge in [0.05, 0.1) is 0 Å². The summed E-state index contributed by atoms with van der Waals surface area (Å²) in [6.07, 6.45) is 0. The molecule has 0 aliphatic heterocycles. The second kappa shape index (κ2) is 43.0. The van der Waals surface area contributed by atoms with Crippen molar-refractivity contribution >= 4 is 11.9 Å². The Morgan fingerprint density at radius 3 is 0.923 bits per heavy atom. The molecule has 0 bridgehead atoms. The zero-order valence-electron chi connectivity index (χ0n) is 6.03. The fraction of sp³-hybridized carbons (Fsp3) is 0. The molecule has 0 unspecified atom stereocenters. The minimum Gasteiger partial charge on any atom is -0.539 e. The molecule has 0 aromatic rings. The molecule has 0 aromatic heterocycles. The Morgan fingerprint density at radius 2 is 0.923 bits per heavy atom. The van der Waals surface area contributed by atoms with Crippen molar-refractivity contribution in [3.8, 4) is 0 Å². The number of carboxylic acids is 2. The molecule has 0 aliphatic carbocycles. The van der Waals surface area contributed by atoms with Crippen LogP contribution < -0.4 is 5.11 Å². The van der Waals surface area contributed by atoms with E-state index in [2.05, 4.69) is 0 Å². The molecule has 0 atom stereocenters. The molecular formula is C2H13FeO10-. The molecule has 0 rings (SSSR count). The van der Waals surface area contributed by atoms with E-state index in [9.17, 15) is 0 Å². The van der Waals surface area contributed by atoms with E-state index < -0.39 is 11.9 Å². The van der Waals surface area contributed by atoms with Gasteiger partial charge in [-0.25, -0.2) is 4.79 Å². The van der Waals surface area contributed by atoms with Crippen LogP contribution in [0, 0.1) is 0 Å². The van der Waals surface area contributed by atoms with E-state index in [4.69, 9.17) is 19.8 Å². The topological polar surface area (TPSA) is 266 Å². The average Bonchev–Trinajstić information content (AvgIpc) is 1.36. The summed E-state index contributed by atoms with van der Waals surface area (Å²) in [5.74, 6) is -4.01. The first kappa shape index (κ1) is 86.4. The van der Waals surface area contributed by atoms with Crippen LogP contribution in [0.25, 0.3) is 0 Å². The number of hydrogen-bond acceptors (Lipinski definition) is 3.